The molecule has 0 spiro atoms. The van der Waals surface area contributed by atoms with Crippen molar-refractivity contribution in [2.24, 2.45) is 0 Å². The minimum atomic E-state index is -3.90. The van der Waals surface area contributed by atoms with Crippen LogP contribution in [-0.4, -0.2) is 45.6 Å². The summed E-state index contributed by atoms with van der Waals surface area (Å²) in [6.07, 6.45) is 2.48. The molecule has 3 aromatic rings. The van der Waals surface area contributed by atoms with E-state index in [2.05, 4.69) is 15.1 Å². The van der Waals surface area contributed by atoms with Gasteiger partial charge in [-0.3, -0.25) is 0 Å². The van der Waals surface area contributed by atoms with Crippen molar-refractivity contribution in [3.05, 3.63) is 42.0 Å². The first-order valence-electron chi connectivity index (χ1n) is 8.65. The first-order chi connectivity index (χ1) is 12.9. The van der Waals surface area contributed by atoms with Crippen molar-refractivity contribution in [2.75, 3.05) is 13.1 Å². The Kier molecular flexibility index (Phi) is 4.47. The van der Waals surface area contributed by atoms with Crippen LogP contribution in [-0.2, 0) is 10.0 Å². The van der Waals surface area contributed by atoms with E-state index in [1.54, 1.807) is 0 Å². The minimum Gasteiger partial charge on any atom is -0.342 e. The molecule has 0 amide bonds. The van der Waals surface area contributed by atoms with Gasteiger partial charge in [0.1, 0.15) is 10.7 Å². The molecule has 1 saturated heterocycles. The lowest BCUT2D eigenvalue weighted by Gasteiger charge is -2.30. The van der Waals surface area contributed by atoms with Crippen LogP contribution in [0.15, 0.2) is 35.4 Å². The summed E-state index contributed by atoms with van der Waals surface area (Å²) in [6, 6.07) is 7.62. The molecule has 1 unspecified atom stereocenters. The molecule has 2 aromatic heterocycles. The monoisotopic (exact) mass is 395 g/mol. The largest absolute Gasteiger partial charge is 0.342 e. The predicted octanol–water partition coefficient (Wildman–Crippen LogP) is 3.03. The molecule has 1 atom stereocenters. The van der Waals surface area contributed by atoms with E-state index in [0.717, 1.165) is 29.5 Å². The van der Waals surface area contributed by atoms with Crippen molar-refractivity contribution < 1.29 is 17.2 Å². The highest BCUT2D eigenvalue weighted by molar-refractivity contribution is 7.89. The summed E-state index contributed by atoms with van der Waals surface area (Å²) in [4.78, 5) is 7.66. The van der Waals surface area contributed by atoms with Gasteiger partial charge in [0.2, 0.25) is 10.0 Å². The number of hydrogen-bond donors (Lipinski definition) is 1. The van der Waals surface area contributed by atoms with Gasteiger partial charge in [-0.1, -0.05) is 12.1 Å². The van der Waals surface area contributed by atoms with E-state index in [9.17, 15) is 17.2 Å². The second kappa shape index (κ2) is 6.68. The molecule has 144 valence electrons. The summed E-state index contributed by atoms with van der Waals surface area (Å²) in [6.45, 7) is -0.939. The van der Waals surface area contributed by atoms with Crippen LogP contribution >= 0.6 is 0 Å². The lowest BCUT2D eigenvalue weighted by Crippen LogP contribution is -2.39. The summed E-state index contributed by atoms with van der Waals surface area (Å²) in [5.74, 6) is 0.669. The van der Waals surface area contributed by atoms with Crippen LogP contribution < -0.4 is 0 Å². The normalized spacial score (nSPS) is 19.2. The van der Waals surface area contributed by atoms with Crippen molar-refractivity contribution in [1.82, 2.24) is 24.1 Å². The molecule has 1 N–H and O–H groups in total. The molecule has 4 rings (SSSR count). The van der Waals surface area contributed by atoms with Gasteiger partial charge in [-0.15, -0.1) is 0 Å². The van der Waals surface area contributed by atoms with Crippen LogP contribution in [0.1, 0.15) is 36.8 Å². The number of aromatic nitrogens is 4. The zero-order valence-corrected chi connectivity index (χ0v) is 15.5. The number of halogens is 2. The molecule has 0 saturated carbocycles. The Morgan fingerprint density at radius 2 is 2.07 bits per heavy atom. The quantitative estimate of drug-likeness (QED) is 0.736. The fraction of sp³-hybridized carbons (Fsp3) is 0.412. The Labute approximate surface area is 155 Å². The lowest BCUT2D eigenvalue weighted by molar-refractivity contribution is 0.0541. The van der Waals surface area contributed by atoms with Gasteiger partial charge < -0.3 is 4.98 Å². The molecule has 1 aromatic carbocycles. The van der Waals surface area contributed by atoms with Crippen LogP contribution in [0.25, 0.3) is 11.0 Å². The molecule has 1 aliphatic heterocycles. The fourth-order valence-electron chi connectivity index (χ4n) is 3.55. The number of hydrogen-bond acceptors (Lipinski definition) is 4. The first kappa shape index (κ1) is 18.1. The molecular weight excluding hydrogens is 376 g/mol. The molecule has 3 heterocycles. The number of fused-ring (bicyclic) bond motifs is 1. The van der Waals surface area contributed by atoms with Crippen LogP contribution in [0.5, 0.6) is 0 Å². The van der Waals surface area contributed by atoms with Crippen molar-refractivity contribution in [1.29, 1.82) is 0 Å². The maximum atomic E-state index is 13.0. The molecule has 1 fully saturated rings. The molecule has 7 nitrogen and oxygen atoms in total. The Balaban J connectivity index is 1.62. The molecule has 0 bridgehead atoms. The molecule has 10 heteroatoms. The number of rotatable bonds is 4. The second-order valence-electron chi connectivity index (χ2n) is 6.66. The molecule has 27 heavy (non-hydrogen) atoms. The first-order valence-corrected chi connectivity index (χ1v) is 10.1. The lowest BCUT2D eigenvalue weighted by atomic mass is 9.99. The van der Waals surface area contributed by atoms with Crippen molar-refractivity contribution >= 4 is 21.1 Å². The van der Waals surface area contributed by atoms with E-state index < -0.39 is 16.6 Å². The zero-order valence-electron chi connectivity index (χ0n) is 14.6. The Morgan fingerprint density at radius 1 is 1.30 bits per heavy atom. The van der Waals surface area contributed by atoms with Crippen LogP contribution in [0.2, 0.25) is 0 Å². The third-order valence-corrected chi connectivity index (χ3v) is 6.95. The van der Waals surface area contributed by atoms with E-state index in [0.29, 0.717) is 17.6 Å². The van der Waals surface area contributed by atoms with Gasteiger partial charge in [0.25, 0.3) is 0 Å². The van der Waals surface area contributed by atoms with Gasteiger partial charge in [-0.25, -0.2) is 18.1 Å². The topological polar surface area (TPSA) is 83.9 Å². The summed E-state index contributed by atoms with van der Waals surface area (Å²) < 4.78 is 53.6. The summed E-state index contributed by atoms with van der Waals surface area (Å²) >= 11 is 0. The van der Waals surface area contributed by atoms with E-state index in [1.807, 2.05) is 24.3 Å². The van der Waals surface area contributed by atoms with Gasteiger partial charge >= 0.3 is 6.55 Å². The van der Waals surface area contributed by atoms with Gasteiger partial charge in [-0.05, 0) is 31.9 Å². The number of nitrogens with one attached hydrogen (secondary N) is 1. The van der Waals surface area contributed by atoms with Crippen LogP contribution in [0.4, 0.5) is 8.78 Å². The third-order valence-electron chi connectivity index (χ3n) is 4.98. The molecule has 1 aliphatic rings. The summed E-state index contributed by atoms with van der Waals surface area (Å²) in [5, 5.41) is 3.52. The second-order valence-corrected chi connectivity index (χ2v) is 8.56. The van der Waals surface area contributed by atoms with E-state index in [1.165, 1.54) is 11.2 Å². The minimum absolute atomic E-state index is 0.0594. The number of benzene rings is 1. The van der Waals surface area contributed by atoms with Crippen LogP contribution in [0.3, 0.4) is 0 Å². The van der Waals surface area contributed by atoms with E-state index >= 15 is 0 Å². The number of nitrogens with zero attached hydrogens (tertiary/aromatic N) is 4. The number of aromatic amines is 1. The number of sulfonamides is 1. The third kappa shape index (κ3) is 3.12. The highest BCUT2D eigenvalue weighted by Gasteiger charge is 2.34. The number of alkyl halides is 2. The van der Waals surface area contributed by atoms with Gasteiger partial charge in [-0.2, -0.15) is 18.2 Å². The summed E-state index contributed by atoms with van der Waals surface area (Å²) in [5.41, 5.74) is 1.68. The van der Waals surface area contributed by atoms with Gasteiger partial charge in [0, 0.05) is 19.0 Å². The highest BCUT2D eigenvalue weighted by atomic mass is 32.2. The Morgan fingerprint density at radius 3 is 2.78 bits per heavy atom. The maximum absolute atomic E-state index is 13.0. The molecule has 0 aliphatic carbocycles. The summed E-state index contributed by atoms with van der Waals surface area (Å²) in [7, 11) is -3.90. The molecule has 0 radical (unpaired) electrons. The number of para-hydroxylation sites is 2. The fourth-order valence-corrected chi connectivity index (χ4v) is 5.22. The van der Waals surface area contributed by atoms with Gasteiger partial charge in [0.05, 0.1) is 22.9 Å². The maximum Gasteiger partial charge on any atom is 0.333 e. The van der Waals surface area contributed by atoms with E-state index in [4.69, 9.17) is 0 Å². The molecular formula is C17H19F2N5O2S. The number of imidazole rings is 1. The Hall–Kier alpha value is -2.33. The number of H-pyrrole nitrogens is 1. The van der Waals surface area contributed by atoms with Crippen molar-refractivity contribution in [3.8, 4) is 0 Å². The van der Waals surface area contributed by atoms with Gasteiger partial charge in [0.15, 0.2) is 0 Å². The smallest absolute Gasteiger partial charge is 0.333 e. The highest BCUT2D eigenvalue weighted by Crippen LogP contribution is 2.31. The average molecular weight is 395 g/mol. The average Bonchev–Trinajstić information content (AvgIpc) is 3.25. The predicted molar refractivity (Wildman–Crippen MR) is 95.0 cm³/mol. The van der Waals surface area contributed by atoms with Crippen molar-refractivity contribution in [2.45, 2.75) is 37.1 Å². The van der Waals surface area contributed by atoms with E-state index in [-0.39, 0.29) is 23.1 Å². The number of piperidine rings is 1. The standard InChI is InChI=1S/C17H19F2N5O2S/c1-11-15(9-20-24(11)17(18)19)27(25,26)23-8-4-5-12(10-23)16-21-13-6-2-3-7-14(13)22-16/h2-3,6-7,9,12,17H,4-5,8,10H2,1H3,(H,21,22). The Bertz CT molecular complexity index is 1040. The van der Waals surface area contributed by atoms with Crippen molar-refractivity contribution in [3.63, 3.8) is 0 Å². The van der Waals surface area contributed by atoms with Crippen LogP contribution in [0, 0.1) is 6.92 Å². The SMILES string of the molecule is Cc1c(S(=O)(=O)N2CCCC(c3nc4ccccc4[nH]3)C2)cnn1C(F)F. The zero-order chi connectivity index (χ0) is 19.2.